The summed E-state index contributed by atoms with van der Waals surface area (Å²) >= 11 is 0. The van der Waals surface area contributed by atoms with Crippen molar-refractivity contribution < 1.29 is 5.11 Å². The number of aliphatic hydroxyl groups is 1. The van der Waals surface area contributed by atoms with E-state index < -0.39 is 0 Å². The Morgan fingerprint density at radius 1 is 1.46 bits per heavy atom. The predicted octanol–water partition coefficient (Wildman–Crippen LogP) is 0.929. The Kier molecular flexibility index (Phi) is 3.71. The van der Waals surface area contributed by atoms with Crippen LogP contribution in [0.4, 0.5) is 0 Å². The number of pyridine rings is 1. The Labute approximate surface area is 77.6 Å². The zero-order valence-electron chi connectivity index (χ0n) is 7.86. The molecule has 1 heterocycles. The van der Waals surface area contributed by atoms with Gasteiger partial charge in [0.15, 0.2) is 0 Å². The van der Waals surface area contributed by atoms with E-state index >= 15 is 0 Å². The SMILES string of the molecule is Cc1cccn(CCCCO)c1=O. The van der Waals surface area contributed by atoms with E-state index in [1.165, 1.54) is 0 Å². The molecule has 0 aliphatic rings. The maximum Gasteiger partial charge on any atom is 0.253 e. The number of unbranched alkanes of at least 4 members (excludes halogenated alkanes) is 1. The van der Waals surface area contributed by atoms with E-state index in [0.29, 0.717) is 6.54 Å². The molecule has 0 aliphatic carbocycles. The first kappa shape index (κ1) is 9.99. The molecule has 0 amide bonds. The highest BCUT2D eigenvalue weighted by atomic mass is 16.2. The van der Waals surface area contributed by atoms with Gasteiger partial charge in [0.2, 0.25) is 0 Å². The lowest BCUT2D eigenvalue weighted by Crippen LogP contribution is -2.21. The van der Waals surface area contributed by atoms with Crippen LogP contribution in [0.25, 0.3) is 0 Å². The Morgan fingerprint density at radius 2 is 2.23 bits per heavy atom. The smallest absolute Gasteiger partial charge is 0.253 e. The molecule has 13 heavy (non-hydrogen) atoms. The molecular formula is C10H15NO2. The minimum absolute atomic E-state index is 0.0699. The second kappa shape index (κ2) is 4.82. The van der Waals surface area contributed by atoms with Gasteiger partial charge in [0.05, 0.1) is 0 Å². The number of hydrogen-bond acceptors (Lipinski definition) is 2. The average molecular weight is 181 g/mol. The summed E-state index contributed by atoms with van der Waals surface area (Å²) in [5.41, 5.74) is 0.840. The van der Waals surface area contributed by atoms with Crippen LogP contribution in [0.5, 0.6) is 0 Å². The van der Waals surface area contributed by atoms with Crippen molar-refractivity contribution in [3.8, 4) is 0 Å². The molecule has 0 saturated carbocycles. The third kappa shape index (κ3) is 2.70. The lowest BCUT2D eigenvalue weighted by Gasteiger charge is -2.04. The second-order valence-corrected chi connectivity index (χ2v) is 3.12. The first-order chi connectivity index (χ1) is 6.25. The average Bonchev–Trinajstić information content (AvgIpc) is 2.13. The van der Waals surface area contributed by atoms with Gasteiger partial charge in [0.25, 0.3) is 5.56 Å². The largest absolute Gasteiger partial charge is 0.396 e. The summed E-state index contributed by atoms with van der Waals surface area (Å²) in [7, 11) is 0. The van der Waals surface area contributed by atoms with Gasteiger partial charge in [-0.15, -0.1) is 0 Å². The first-order valence-corrected chi connectivity index (χ1v) is 4.52. The van der Waals surface area contributed by atoms with Crippen LogP contribution in [0, 0.1) is 6.92 Å². The van der Waals surface area contributed by atoms with Crippen LogP contribution in [0.1, 0.15) is 18.4 Å². The molecule has 0 radical (unpaired) electrons. The van der Waals surface area contributed by atoms with Gasteiger partial charge in [-0.05, 0) is 25.8 Å². The summed E-state index contributed by atoms with van der Waals surface area (Å²) in [6.07, 6.45) is 3.38. The normalized spacial score (nSPS) is 10.3. The number of hydrogen-bond donors (Lipinski definition) is 1. The molecule has 0 aliphatic heterocycles. The minimum atomic E-state index is 0.0699. The van der Waals surface area contributed by atoms with Crippen LogP contribution in [0.2, 0.25) is 0 Å². The van der Waals surface area contributed by atoms with E-state index in [4.69, 9.17) is 5.11 Å². The summed E-state index contributed by atoms with van der Waals surface area (Å²) in [4.78, 5) is 11.5. The third-order valence-electron chi connectivity index (χ3n) is 2.02. The number of nitrogens with zero attached hydrogens (tertiary/aromatic N) is 1. The number of aryl methyl sites for hydroxylation is 2. The molecule has 0 bridgehead atoms. The van der Waals surface area contributed by atoms with Gasteiger partial charge >= 0.3 is 0 Å². The van der Waals surface area contributed by atoms with Crippen molar-refractivity contribution in [1.29, 1.82) is 0 Å². The number of rotatable bonds is 4. The van der Waals surface area contributed by atoms with E-state index in [-0.39, 0.29) is 12.2 Å². The molecule has 3 heteroatoms. The molecule has 0 aromatic carbocycles. The molecule has 0 fully saturated rings. The quantitative estimate of drug-likeness (QED) is 0.702. The maximum absolute atomic E-state index is 11.5. The maximum atomic E-state index is 11.5. The number of aromatic nitrogens is 1. The fraction of sp³-hybridized carbons (Fsp3) is 0.500. The van der Waals surface area contributed by atoms with Crippen LogP contribution in [0.3, 0.4) is 0 Å². The van der Waals surface area contributed by atoms with Crippen molar-refractivity contribution >= 4 is 0 Å². The molecule has 0 saturated heterocycles. The highest BCUT2D eigenvalue weighted by molar-refractivity contribution is 5.07. The zero-order chi connectivity index (χ0) is 9.68. The van der Waals surface area contributed by atoms with Gasteiger partial charge in [-0.3, -0.25) is 4.79 Å². The van der Waals surface area contributed by atoms with Crippen LogP contribution < -0.4 is 5.56 Å². The molecule has 1 N–H and O–H groups in total. The van der Waals surface area contributed by atoms with Crippen LogP contribution in [-0.4, -0.2) is 16.3 Å². The van der Waals surface area contributed by atoms with E-state index in [9.17, 15) is 4.79 Å². The van der Waals surface area contributed by atoms with E-state index in [1.807, 2.05) is 19.1 Å². The fourth-order valence-electron chi connectivity index (χ4n) is 1.23. The van der Waals surface area contributed by atoms with Crippen molar-refractivity contribution in [3.05, 3.63) is 34.2 Å². The monoisotopic (exact) mass is 181 g/mol. The highest BCUT2D eigenvalue weighted by Crippen LogP contribution is 1.93. The molecular weight excluding hydrogens is 166 g/mol. The Hall–Kier alpha value is -1.09. The summed E-state index contributed by atoms with van der Waals surface area (Å²) in [6, 6.07) is 3.68. The molecule has 0 atom stereocenters. The topological polar surface area (TPSA) is 42.2 Å². The van der Waals surface area contributed by atoms with E-state index in [0.717, 1.165) is 18.4 Å². The fourth-order valence-corrected chi connectivity index (χ4v) is 1.23. The third-order valence-corrected chi connectivity index (χ3v) is 2.02. The second-order valence-electron chi connectivity index (χ2n) is 3.12. The van der Waals surface area contributed by atoms with Gasteiger partial charge in [-0.2, -0.15) is 0 Å². The predicted molar refractivity (Wildman–Crippen MR) is 51.8 cm³/mol. The van der Waals surface area contributed by atoms with Gasteiger partial charge in [0.1, 0.15) is 0 Å². The summed E-state index contributed by atoms with van der Waals surface area (Å²) in [5, 5.41) is 8.58. The van der Waals surface area contributed by atoms with Crippen molar-refractivity contribution in [1.82, 2.24) is 4.57 Å². The van der Waals surface area contributed by atoms with Gasteiger partial charge in [-0.25, -0.2) is 0 Å². The van der Waals surface area contributed by atoms with Gasteiger partial charge in [0, 0.05) is 24.9 Å². The van der Waals surface area contributed by atoms with Crippen molar-refractivity contribution in [2.45, 2.75) is 26.3 Å². The molecule has 1 aromatic heterocycles. The standard InChI is InChI=1S/C10H15NO2/c1-9-5-4-7-11(10(9)13)6-2-3-8-12/h4-5,7,12H,2-3,6,8H2,1H3. The zero-order valence-corrected chi connectivity index (χ0v) is 7.86. The minimum Gasteiger partial charge on any atom is -0.396 e. The van der Waals surface area contributed by atoms with Gasteiger partial charge < -0.3 is 9.67 Å². The summed E-state index contributed by atoms with van der Waals surface area (Å²) in [5.74, 6) is 0. The molecule has 0 spiro atoms. The van der Waals surface area contributed by atoms with Crippen LogP contribution in [-0.2, 0) is 6.54 Å². The first-order valence-electron chi connectivity index (χ1n) is 4.52. The number of aliphatic hydroxyl groups excluding tert-OH is 1. The van der Waals surface area contributed by atoms with Crippen molar-refractivity contribution in [2.75, 3.05) is 6.61 Å². The van der Waals surface area contributed by atoms with Crippen LogP contribution >= 0.6 is 0 Å². The molecule has 72 valence electrons. The van der Waals surface area contributed by atoms with Crippen molar-refractivity contribution in [2.24, 2.45) is 0 Å². The van der Waals surface area contributed by atoms with E-state index in [1.54, 1.807) is 10.8 Å². The van der Waals surface area contributed by atoms with Crippen molar-refractivity contribution in [3.63, 3.8) is 0 Å². The lowest BCUT2D eigenvalue weighted by atomic mass is 10.3. The Balaban J connectivity index is 2.67. The van der Waals surface area contributed by atoms with Crippen LogP contribution in [0.15, 0.2) is 23.1 Å². The summed E-state index contributed by atoms with van der Waals surface area (Å²) < 4.78 is 1.69. The summed E-state index contributed by atoms with van der Waals surface area (Å²) in [6.45, 7) is 2.70. The Bertz CT molecular complexity index is 317. The molecule has 1 aromatic rings. The lowest BCUT2D eigenvalue weighted by molar-refractivity contribution is 0.281. The Morgan fingerprint density at radius 3 is 2.92 bits per heavy atom. The molecule has 3 nitrogen and oxygen atoms in total. The highest BCUT2D eigenvalue weighted by Gasteiger charge is 1.97. The molecule has 1 rings (SSSR count). The van der Waals surface area contributed by atoms with Gasteiger partial charge in [-0.1, -0.05) is 6.07 Å². The molecule has 0 unspecified atom stereocenters. The van der Waals surface area contributed by atoms with E-state index in [2.05, 4.69) is 0 Å².